The number of carbonyl (C=O) groups excluding carboxylic acids is 2. The molecule has 1 aromatic heterocycles. The predicted octanol–water partition coefficient (Wildman–Crippen LogP) is 6.81. The number of hydrogen-bond acceptors (Lipinski definition) is 4. The number of rotatable bonds is 9. The van der Waals surface area contributed by atoms with Crippen LogP contribution in [-0.4, -0.2) is 28.0 Å². The lowest BCUT2D eigenvalue weighted by Gasteiger charge is -2.16. The highest BCUT2D eigenvalue weighted by molar-refractivity contribution is 6.32. The van der Waals surface area contributed by atoms with E-state index in [4.69, 9.17) is 16.3 Å². The van der Waals surface area contributed by atoms with Crippen LogP contribution in [0.15, 0.2) is 54.2 Å². The Morgan fingerprint density at radius 1 is 1.03 bits per heavy atom. The quantitative estimate of drug-likeness (QED) is 0.317. The van der Waals surface area contributed by atoms with Crippen molar-refractivity contribution < 1.29 is 14.3 Å². The van der Waals surface area contributed by atoms with Gasteiger partial charge in [0, 0.05) is 22.7 Å². The molecule has 6 heteroatoms. The fourth-order valence-electron chi connectivity index (χ4n) is 3.78. The van der Waals surface area contributed by atoms with Gasteiger partial charge in [-0.1, -0.05) is 61.4 Å². The van der Waals surface area contributed by atoms with Crippen LogP contribution in [-0.2, 0) is 6.54 Å². The van der Waals surface area contributed by atoms with Crippen molar-refractivity contribution >= 4 is 28.7 Å². The second kappa shape index (κ2) is 10.8. The molecule has 0 unspecified atom stereocenters. The Labute approximate surface area is 206 Å². The van der Waals surface area contributed by atoms with Crippen LogP contribution >= 0.6 is 11.6 Å². The van der Waals surface area contributed by atoms with Crippen molar-refractivity contribution in [3.8, 4) is 5.88 Å². The highest BCUT2D eigenvalue weighted by Crippen LogP contribution is 2.33. The molecule has 0 aliphatic heterocycles. The van der Waals surface area contributed by atoms with Crippen molar-refractivity contribution in [1.82, 2.24) is 9.78 Å². The van der Waals surface area contributed by atoms with E-state index in [2.05, 4.69) is 18.9 Å². The number of aromatic nitrogens is 2. The Morgan fingerprint density at radius 3 is 2.32 bits per heavy atom. The number of hydrogen-bond donors (Lipinski definition) is 0. The molecule has 0 bridgehead atoms. The van der Waals surface area contributed by atoms with Crippen LogP contribution in [0.4, 0.5) is 0 Å². The molecule has 3 rings (SSSR count). The molecule has 0 saturated heterocycles. The van der Waals surface area contributed by atoms with E-state index in [1.165, 1.54) is 6.20 Å². The zero-order valence-corrected chi connectivity index (χ0v) is 21.4. The van der Waals surface area contributed by atoms with Gasteiger partial charge in [-0.05, 0) is 62.4 Å². The van der Waals surface area contributed by atoms with Gasteiger partial charge < -0.3 is 4.74 Å². The number of benzene rings is 2. The van der Waals surface area contributed by atoms with E-state index in [0.717, 1.165) is 22.3 Å². The topological polar surface area (TPSA) is 61.2 Å². The summed E-state index contributed by atoms with van der Waals surface area (Å²) in [4.78, 5) is 26.3. The first-order valence-corrected chi connectivity index (χ1v) is 11.7. The second-order valence-electron chi connectivity index (χ2n) is 9.07. The summed E-state index contributed by atoms with van der Waals surface area (Å²) >= 11 is 6.50. The minimum atomic E-state index is -0.214. The van der Waals surface area contributed by atoms with Gasteiger partial charge in [0.1, 0.15) is 5.56 Å². The monoisotopic (exact) mass is 478 g/mol. The van der Waals surface area contributed by atoms with Crippen LogP contribution in [0.2, 0.25) is 5.02 Å². The molecule has 0 spiro atoms. The van der Waals surface area contributed by atoms with Crippen LogP contribution in [0, 0.1) is 12.8 Å². The standard InChI is InChI=1S/C28H31ClN2O3/c1-17(2)15-31-28(34-16-25(32)21-10-8-7-9-11-21)23(14-30-31)27(33)22-12-13-24(29)26(20(22)6)19(5)18(3)4/h7-14,17H,15-16H2,1-6H3. The van der Waals surface area contributed by atoms with E-state index in [9.17, 15) is 9.59 Å². The third kappa shape index (κ3) is 5.48. The van der Waals surface area contributed by atoms with Gasteiger partial charge in [-0.3, -0.25) is 9.59 Å². The lowest BCUT2D eigenvalue weighted by atomic mass is 9.92. The molecule has 34 heavy (non-hydrogen) atoms. The zero-order valence-electron chi connectivity index (χ0n) is 20.6. The maximum atomic E-state index is 13.7. The van der Waals surface area contributed by atoms with E-state index < -0.39 is 0 Å². The molecule has 0 radical (unpaired) electrons. The smallest absolute Gasteiger partial charge is 0.223 e. The summed E-state index contributed by atoms with van der Waals surface area (Å²) in [5.41, 5.74) is 5.25. The molecule has 0 amide bonds. The first kappa shape index (κ1) is 25.4. The Hall–Kier alpha value is -3.18. The predicted molar refractivity (Wildman–Crippen MR) is 137 cm³/mol. The number of carbonyl (C=O) groups is 2. The van der Waals surface area contributed by atoms with E-state index in [-0.39, 0.29) is 24.1 Å². The fourth-order valence-corrected chi connectivity index (χ4v) is 4.13. The van der Waals surface area contributed by atoms with Gasteiger partial charge in [-0.25, -0.2) is 4.68 Å². The van der Waals surface area contributed by atoms with Gasteiger partial charge in [0.15, 0.2) is 18.2 Å². The Kier molecular flexibility index (Phi) is 8.11. The number of nitrogens with zero attached hydrogens (tertiary/aromatic N) is 2. The summed E-state index contributed by atoms with van der Waals surface area (Å²) in [7, 11) is 0. The Balaban J connectivity index is 2.01. The van der Waals surface area contributed by atoms with Crippen LogP contribution in [0.25, 0.3) is 5.57 Å². The zero-order chi connectivity index (χ0) is 25.0. The second-order valence-corrected chi connectivity index (χ2v) is 9.47. The lowest BCUT2D eigenvalue weighted by Crippen LogP contribution is -2.17. The third-order valence-corrected chi connectivity index (χ3v) is 6.11. The van der Waals surface area contributed by atoms with Gasteiger partial charge in [0.25, 0.3) is 0 Å². The fraction of sp³-hybridized carbons (Fsp3) is 0.321. The largest absolute Gasteiger partial charge is 0.469 e. The summed E-state index contributed by atoms with van der Waals surface area (Å²) in [6, 6.07) is 12.4. The van der Waals surface area contributed by atoms with Crippen molar-refractivity contribution in [2.24, 2.45) is 5.92 Å². The summed E-state index contributed by atoms with van der Waals surface area (Å²) < 4.78 is 7.60. The average Bonchev–Trinajstić information content (AvgIpc) is 3.19. The van der Waals surface area contributed by atoms with Crippen molar-refractivity contribution in [3.63, 3.8) is 0 Å². The van der Waals surface area contributed by atoms with Crippen LogP contribution < -0.4 is 4.74 Å². The minimum Gasteiger partial charge on any atom is -0.469 e. The SMILES string of the molecule is CC(C)=C(C)c1c(Cl)ccc(C(=O)c2cnn(CC(C)C)c2OCC(=O)c2ccccc2)c1C. The minimum absolute atomic E-state index is 0.166. The third-order valence-electron chi connectivity index (χ3n) is 5.79. The molecule has 5 nitrogen and oxygen atoms in total. The number of Topliss-reactive ketones (excluding diaryl/α,β-unsaturated/α-hetero) is 1. The molecular formula is C28H31ClN2O3. The Bertz CT molecular complexity index is 1240. The van der Waals surface area contributed by atoms with E-state index in [0.29, 0.717) is 34.1 Å². The summed E-state index contributed by atoms with van der Waals surface area (Å²) in [5.74, 6) is 0.201. The molecule has 1 heterocycles. The highest BCUT2D eigenvalue weighted by Gasteiger charge is 2.25. The van der Waals surface area contributed by atoms with E-state index in [1.54, 1.807) is 41.1 Å². The molecule has 0 aliphatic carbocycles. The first-order chi connectivity index (χ1) is 16.1. The number of allylic oxidation sites excluding steroid dienone is 2. The molecule has 178 valence electrons. The maximum Gasteiger partial charge on any atom is 0.223 e. The normalized spacial score (nSPS) is 10.9. The summed E-state index contributed by atoms with van der Waals surface area (Å²) in [5, 5.41) is 5.02. The Morgan fingerprint density at radius 2 is 1.71 bits per heavy atom. The molecule has 3 aromatic rings. The highest BCUT2D eigenvalue weighted by atomic mass is 35.5. The number of ether oxygens (including phenoxy) is 1. The van der Waals surface area contributed by atoms with Crippen LogP contribution in [0.1, 0.15) is 72.0 Å². The summed E-state index contributed by atoms with van der Waals surface area (Å²) in [6.07, 6.45) is 1.52. The van der Waals surface area contributed by atoms with Gasteiger partial charge in [-0.15, -0.1) is 0 Å². The van der Waals surface area contributed by atoms with Crippen molar-refractivity contribution in [1.29, 1.82) is 0 Å². The van der Waals surface area contributed by atoms with Gasteiger partial charge in [0.2, 0.25) is 5.88 Å². The number of ketones is 2. The van der Waals surface area contributed by atoms with Gasteiger partial charge in [-0.2, -0.15) is 5.10 Å². The van der Waals surface area contributed by atoms with E-state index in [1.807, 2.05) is 33.8 Å². The molecule has 0 saturated carbocycles. The van der Waals surface area contributed by atoms with Gasteiger partial charge >= 0.3 is 0 Å². The first-order valence-electron chi connectivity index (χ1n) is 11.4. The van der Waals surface area contributed by atoms with Crippen molar-refractivity contribution in [2.75, 3.05) is 6.61 Å². The van der Waals surface area contributed by atoms with Crippen LogP contribution in [0.5, 0.6) is 5.88 Å². The molecule has 0 fully saturated rings. The van der Waals surface area contributed by atoms with Gasteiger partial charge in [0.05, 0.1) is 6.20 Å². The maximum absolute atomic E-state index is 13.7. The molecule has 2 aromatic carbocycles. The van der Waals surface area contributed by atoms with Crippen LogP contribution in [0.3, 0.4) is 0 Å². The molecule has 0 aliphatic rings. The molecular weight excluding hydrogens is 448 g/mol. The van der Waals surface area contributed by atoms with E-state index >= 15 is 0 Å². The van der Waals surface area contributed by atoms with Crippen molar-refractivity contribution in [3.05, 3.63) is 87.1 Å². The lowest BCUT2D eigenvalue weighted by molar-refractivity contribution is 0.0906. The molecule has 0 atom stereocenters. The number of halogens is 1. The average molecular weight is 479 g/mol. The van der Waals surface area contributed by atoms with Crippen molar-refractivity contribution in [2.45, 2.75) is 48.1 Å². The summed E-state index contributed by atoms with van der Waals surface area (Å²) in [6.45, 7) is 12.4. The molecule has 0 N–H and O–H groups in total.